The number of aromatic nitrogens is 4. The molecule has 0 bridgehead atoms. The highest BCUT2D eigenvalue weighted by Gasteiger charge is 2.35. The molecular weight excluding hydrogens is 580 g/mol. The van der Waals surface area contributed by atoms with Crippen molar-refractivity contribution in [3.8, 4) is 34.4 Å². The first-order valence-corrected chi connectivity index (χ1v) is 14.8. The number of furan rings is 1. The SMILES string of the molecule is COc1ccc(CCN(C(=O)Cn2nnc(-c3ccc(OC)c(OC)c3)n2)[C@@H](C(=O)NC2CCCC2)c2ccco2)cc1OC. The molecule has 1 saturated carbocycles. The van der Waals surface area contributed by atoms with Gasteiger partial charge in [0.2, 0.25) is 11.7 Å². The smallest absolute Gasteiger partial charge is 0.250 e. The van der Waals surface area contributed by atoms with E-state index in [0.29, 0.717) is 46.6 Å². The fourth-order valence-electron chi connectivity index (χ4n) is 5.52. The van der Waals surface area contributed by atoms with E-state index < -0.39 is 6.04 Å². The van der Waals surface area contributed by atoms with Gasteiger partial charge in [-0.25, -0.2) is 0 Å². The van der Waals surface area contributed by atoms with Crippen molar-refractivity contribution in [3.05, 3.63) is 66.1 Å². The van der Waals surface area contributed by atoms with Crippen LogP contribution in [-0.2, 0) is 22.6 Å². The number of hydrogen-bond donors (Lipinski definition) is 1. The van der Waals surface area contributed by atoms with Gasteiger partial charge < -0.3 is 33.6 Å². The molecule has 0 unspecified atom stereocenters. The summed E-state index contributed by atoms with van der Waals surface area (Å²) in [5.74, 6) is 2.24. The molecule has 2 aromatic heterocycles. The van der Waals surface area contributed by atoms with E-state index in [1.807, 2.05) is 18.2 Å². The number of hydrogen-bond acceptors (Lipinski definition) is 10. The lowest BCUT2D eigenvalue weighted by atomic mass is 10.1. The number of carbonyl (C=O) groups is 2. The predicted octanol–water partition coefficient (Wildman–Crippen LogP) is 3.84. The average molecular weight is 619 g/mol. The largest absolute Gasteiger partial charge is 0.493 e. The van der Waals surface area contributed by atoms with Crippen LogP contribution in [0.25, 0.3) is 11.4 Å². The van der Waals surface area contributed by atoms with Crippen LogP contribution < -0.4 is 24.3 Å². The summed E-state index contributed by atoms with van der Waals surface area (Å²) in [5, 5.41) is 15.9. The second kappa shape index (κ2) is 14.6. The molecule has 2 amide bonds. The van der Waals surface area contributed by atoms with Gasteiger partial charge >= 0.3 is 0 Å². The van der Waals surface area contributed by atoms with Crippen LogP contribution in [-0.4, -0.2) is 77.9 Å². The number of carbonyl (C=O) groups excluding carboxylic acids is 2. The van der Waals surface area contributed by atoms with Crippen LogP contribution >= 0.6 is 0 Å². The zero-order chi connectivity index (χ0) is 31.8. The summed E-state index contributed by atoms with van der Waals surface area (Å²) in [6.07, 6.45) is 5.84. The molecule has 0 spiro atoms. The fraction of sp³-hybridized carbons (Fsp3) is 0.406. The molecule has 2 aromatic carbocycles. The quantitative estimate of drug-likeness (QED) is 0.221. The molecule has 1 aliphatic carbocycles. The van der Waals surface area contributed by atoms with Crippen molar-refractivity contribution in [1.82, 2.24) is 30.4 Å². The molecule has 1 fully saturated rings. The highest BCUT2D eigenvalue weighted by molar-refractivity contribution is 5.88. The Morgan fingerprint density at radius 1 is 0.956 bits per heavy atom. The summed E-state index contributed by atoms with van der Waals surface area (Å²) in [5.41, 5.74) is 1.54. The first-order valence-electron chi connectivity index (χ1n) is 14.8. The number of nitrogens with zero attached hydrogens (tertiary/aromatic N) is 5. The monoisotopic (exact) mass is 618 g/mol. The van der Waals surface area contributed by atoms with E-state index in [1.54, 1.807) is 58.8 Å². The summed E-state index contributed by atoms with van der Waals surface area (Å²) < 4.78 is 27.3. The number of benzene rings is 2. The van der Waals surface area contributed by atoms with Crippen LogP contribution in [0.1, 0.15) is 43.0 Å². The molecule has 13 nitrogen and oxygen atoms in total. The van der Waals surface area contributed by atoms with Gasteiger partial charge in [0.25, 0.3) is 5.91 Å². The topological polar surface area (TPSA) is 143 Å². The minimum Gasteiger partial charge on any atom is -0.493 e. The molecule has 1 aliphatic rings. The summed E-state index contributed by atoms with van der Waals surface area (Å²) in [7, 11) is 6.24. The Hall–Kier alpha value is -5.07. The highest BCUT2D eigenvalue weighted by Crippen LogP contribution is 2.31. The third-order valence-corrected chi connectivity index (χ3v) is 7.86. The van der Waals surface area contributed by atoms with Gasteiger partial charge in [-0.15, -0.1) is 10.2 Å². The van der Waals surface area contributed by atoms with Crippen molar-refractivity contribution >= 4 is 11.8 Å². The normalized spacial score (nSPS) is 13.7. The number of rotatable bonds is 14. The average Bonchev–Trinajstić information content (AvgIpc) is 3.87. The predicted molar refractivity (Wildman–Crippen MR) is 163 cm³/mol. The van der Waals surface area contributed by atoms with Crippen molar-refractivity contribution in [2.24, 2.45) is 0 Å². The molecule has 45 heavy (non-hydrogen) atoms. The minimum atomic E-state index is -0.998. The first kappa shape index (κ1) is 31.4. The second-order valence-corrected chi connectivity index (χ2v) is 10.6. The lowest BCUT2D eigenvalue weighted by molar-refractivity contribution is -0.142. The van der Waals surface area contributed by atoms with E-state index in [2.05, 4.69) is 20.7 Å². The van der Waals surface area contributed by atoms with Crippen molar-refractivity contribution < 1.29 is 33.0 Å². The Morgan fingerprint density at radius 2 is 1.64 bits per heavy atom. The van der Waals surface area contributed by atoms with Gasteiger partial charge in [0, 0.05) is 18.2 Å². The van der Waals surface area contributed by atoms with E-state index in [0.717, 1.165) is 31.2 Å². The van der Waals surface area contributed by atoms with Gasteiger partial charge in [0.15, 0.2) is 29.0 Å². The highest BCUT2D eigenvalue weighted by atomic mass is 16.5. The fourth-order valence-corrected chi connectivity index (χ4v) is 5.52. The van der Waals surface area contributed by atoms with Gasteiger partial charge in [-0.3, -0.25) is 9.59 Å². The van der Waals surface area contributed by atoms with Crippen molar-refractivity contribution in [2.75, 3.05) is 35.0 Å². The molecule has 2 heterocycles. The second-order valence-electron chi connectivity index (χ2n) is 10.6. The van der Waals surface area contributed by atoms with Crippen molar-refractivity contribution in [3.63, 3.8) is 0 Å². The van der Waals surface area contributed by atoms with Crippen LogP contribution in [0.2, 0.25) is 0 Å². The van der Waals surface area contributed by atoms with Gasteiger partial charge in [0.05, 0.1) is 34.7 Å². The third-order valence-electron chi connectivity index (χ3n) is 7.86. The van der Waals surface area contributed by atoms with Crippen LogP contribution in [0, 0.1) is 0 Å². The van der Waals surface area contributed by atoms with Crippen molar-refractivity contribution in [1.29, 1.82) is 0 Å². The molecule has 4 aromatic rings. The van der Waals surface area contributed by atoms with E-state index >= 15 is 0 Å². The molecule has 13 heteroatoms. The summed E-state index contributed by atoms with van der Waals surface area (Å²) >= 11 is 0. The molecule has 1 atom stereocenters. The Morgan fingerprint density at radius 3 is 2.31 bits per heavy atom. The van der Waals surface area contributed by atoms with Crippen LogP contribution in [0.5, 0.6) is 23.0 Å². The molecule has 0 aliphatic heterocycles. The van der Waals surface area contributed by atoms with Crippen LogP contribution in [0.15, 0.2) is 59.2 Å². The molecule has 238 valence electrons. The van der Waals surface area contributed by atoms with E-state index in [9.17, 15) is 9.59 Å². The lowest BCUT2D eigenvalue weighted by Crippen LogP contribution is -2.47. The summed E-state index contributed by atoms with van der Waals surface area (Å²) in [6.45, 7) is -0.0465. The van der Waals surface area contributed by atoms with Crippen LogP contribution in [0.4, 0.5) is 0 Å². The lowest BCUT2D eigenvalue weighted by Gasteiger charge is -2.30. The molecule has 0 radical (unpaired) electrons. The Labute approximate surface area is 261 Å². The summed E-state index contributed by atoms with van der Waals surface area (Å²) in [6, 6.07) is 13.3. The maximum atomic E-state index is 14.1. The zero-order valence-corrected chi connectivity index (χ0v) is 25.9. The first-order chi connectivity index (χ1) is 21.9. The van der Waals surface area contributed by atoms with Crippen molar-refractivity contribution in [2.45, 2.75) is 50.7 Å². The maximum absolute atomic E-state index is 14.1. The molecular formula is C32H38N6O7. The minimum absolute atomic E-state index is 0.0544. The van der Waals surface area contributed by atoms with E-state index in [-0.39, 0.29) is 30.9 Å². The van der Waals surface area contributed by atoms with Gasteiger partial charge in [0.1, 0.15) is 12.3 Å². The van der Waals surface area contributed by atoms with Gasteiger partial charge in [-0.1, -0.05) is 18.9 Å². The zero-order valence-electron chi connectivity index (χ0n) is 25.9. The van der Waals surface area contributed by atoms with Crippen LogP contribution in [0.3, 0.4) is 0 Å². The van der Waals surface area contributed by atoms with Gasteiger partial charge in [-0.05, 0) is 72.5 Å². The molecule has 0 saturated heterocycles. The number of nitrogens with one attached hydrogen (secondary N) is 1. The summed E-state index contributed by atoms with van der Waals surface area (Å²) in [4.78, 5) is 30.6. The van der Waals surface area contributed by atoms with E-state index in [4.69, 9.17) is 23.4 Å². The maximum Gasteiger partial charge on any atom is 0.250 e. The molecule has 1 N–H and O–H groups in total. The number of methoxy groups -OCH3 is 4. The number of tetrazole rings is 1. The Bertz CT molecular complexity index is 1580. The Kier molecular flexibility index (Phi) is 10.2. The third kappa shape index (κ3) is 7.36. The Balaban J connectivity index is 1.42. The van der Waals surface area contributed by atoms with E-state index in [1.165, 1.54) is 16.0 Å². The number of amides is 2. The standard InChI is InChI=1S/C32H38N6O7/c1-41-24-13-11-21(18-27(24)43-3)15-16-37(30(26-10-7-17-45-26)32(40)33-23-8-5-6-9-23)29(39)20-38-35-31(34-36-38)22-12-14-25(42-2)28(19-22)44-4/h7,10-14,17-19,23,30H,5-6,8-9,15-16,20H2,1-4H3,(H,33,40)/t30-/m1/s1. The van der Waals surface area contributed by atoms with Gasteiger partial charge in [-0.2, -0.15) is 4.80 Å². The number of ether oxygens (including phenoxy) is 4. The molecule has 5 rings (SSSR count).